The van der Waals surface area contributed by atoms with Crippen LogP contribution in [0.15, 0.2) is 59.6 Å². The summed E-state index contributed by atoms with van der Waals surface area (Å²) in [5.74, 6) is -0.00777. The number of benzene rings is 3. The van der Waals surface area contributed by atoms with Crippen LogP contribution in [-0.4, -0.2) is 54.7 Å². The maximum absolute atomic E-state index is 11.9. The van der Waals surface area contributed by atoms with E-state index >= 15 is 0 Å². The molecule has 0 saturated heterocycles. The van der Waals surface area contributed by atoms with E-state index in [4.69, 9.17) is 42.4 Å². The lowest BCUT2D eigenvalue weighted by Crippen LogP contribution is -2.18. The number of thiazole rings is 1. The molecule has 0 aliphatic rings. The van der Waals surface area contributed by atoms with Crippen molar-refractivity contribution in [1.82, 2.24) is 4.98 Å². The van der Waals surface area contributed by atoms with Gasteiger partial charge in [0.15, 0.2) is 16.6 Å². The molecular formula is C28H24Cl2N4O7S. The minimum Gasteiger partial charge on any atom is -0.493 e. The van der Waals surface area contributed by atoms with Gasteiger partial charge in [0, 0.05) is 23.6 Å². The topological polar surface area (TPSA) is 145 Å². The molecule has 0 aliphatic heterocycles. The standard InChI is InChI=1S/C28H24Cl2N4O7S/c1-39-22-12-17(13-23(40-2)25(22)41-3)24-26(16-8-9-18(29)19(30)10-16)42-28(33-24)32-14-31-20(27(35)36)11-15-6-4-5-7-21(15)34(37)38/h4-10,12-13H,11,14H2,1-3H3,(H,32,33)(H,35,36). The summed E-state index contributed by atoms with van der Waals surface area (Å²) in [5, 5.41) is 25.3. The number of nitro benzene ring substituents is 1. The van der Waals surface area contributed by atoms with Crippen molar-refractivity contribution in [2.24, 2.45) is 4.99 Å². The molecule has 0 aliphatic carbocycles. The number of anilines is 1. The summed E-state index contributed by atoms with van der Waals surface area (Å²) in [6, 6.07) is 14.7. The average molecular weight is 631 g/mol. The Balaban J connectivity index is 1.71. The minimum absolute atomic E-state index is 0.148. The van der Waals surface area contributed by atoms with Crippen molar-refractivity contribution < 1.29 is 29.0 Å². The summed E-state index contributed by atoms with van der Waals surface area (Å²) in [7, 11) is 4.53. The normalized spacial score (nSPS) is 11.2. The number of aromatic nitrogens is 1. The molecule has 42 heavy (non-hydrogen) atoms. The fourth-order valence-corrected chi connectivity index (χ4v) is 5.33. The van der Waals surface area contributed by atoms with Gasteiger partial charge in [0.1, 0.15) is 12.4 Å². The lowest BCUT2D eigenvalue weighted by atomic mass is 10.1. The Hall–Kier alpha value is -4.39. The molecule has 1 heterocycles. The zero-order chi connectivity index (χ0) is 30.4. The van der Waals surface area contributed by atoms with Crippen molar-refractivity contribution in [2.75, 3.05) is 33.3 Å². The maximum atomic E-state index is 11.9. The highest BCUT2D eigenvalue weighted by atomic mass is 35.5. The SMILES string of the molecule is COc1cc(-c2nc(NCN=C(Cc3ccccc3[N+](=O)[O-])C(=O)O)sc2-c2ccc(Cl)c(Cl)c2)cc(OC)c1OC. The summed E-state index contributed by atoms with van der Waals surface area (Å²) in [4.78, 5) is 32.3. The Morgan fingerprint density at radius 3 is 2.31 bits per heavy atom. The molecule has 14 heteroatoms. The van der Waals surface area contributed by atoms with Crippen molar-refractivity contribution in [1.29, 1.82) is 0 Å². The largest absolute Gasteiger partial charge is 0.493 e. The van der Waals surface area contributed by atoms with Crippen LogP contribution in [0, 0.1) is 10.1 Å². The number of carboxylic acids is 1. The molecule has 1 aromatic heterocycles. The summed E-state index contributed by atoms with van der Waals surface area (Å²) in [5.41, 5.74) is 1.77. The van der Waals surface area contributed by atoms with Crippen molar-refractivity contribution >= 4 is 57.0 Å². The lowest BCUT2D eigenvalue weighted by Gasteiger charge is -2.14. The molecule has 2 N–H and O–H groups in total. The van der Waals surface area contributed by atoms with Crippen molar-refractivity contribution in [3.05, 3.63) is 80.3 Å². The predicted octanol–water partition coefficient (Wildman–Crippen LogP) is 6.86. The number of hydrogen-bond acceptors (Lipinski definition) is 10. The number of carboxylic acid groups (broad SMARTS) is 1. The molecule has 0 amide bonds. The highest BCUT2D eigenvalue weighted by Gasteiger charge is 2.22. The number of aliphatic carboxylic acids is 1. The van der Waals surface area contributed by atoms with Gasteiger partial charge in [-0.2, -0.15) is 0 Å². The highest BCUT2D eigenvalue weighted by molar-refractivity contribution is 7.19. The van der Waals surface area contributed by atoms with Crippen LogP contribution in [-0.2, 0) is 11.2 Å². The summed E-state index contributed by atoms with van der Waals surface area (Å²) in [6.45, 7) is -0.148. The Bertz CT molecular complexity index is 1650. The molecule has 218 valence electrons. The first-order valence-electron chi connectivity index (χ1n) is 12.2. The first-order valence-corrected chi connectivity index (χ1v) is 13.7. The van der Waals surface area contributed by atoms with Gasteiger partial charge in [-0.05, 0) is 29.8 Å². The van der Waals surface area contributed by atoms with Gasteiger partial charge >= 0.3 is 5.97 Å². The predicted molar refractivity (Wildman–Crippen MR) is 163 cm³/mol. The number of carbonyl (C=O) groups is 1. The molecule has 0 bridgehead atoms. The van der Waals surface area contributed by atoms with Gasteiger partial charge in [-0.1, -0.05) is 58.8 Å². The molecule has 0 spiro atoms. The van der Waals surface area contributed by atoms with Crippen LogP contribution in [0.4, 0.5) is 10.8 Å². The third-order valence-corrected chi connectivity index (χ3v) is 7.84. The summed E-state index contributed by atoms with van der Waals surface area (Å²) >= 11 is 13.7. The fraction of sp³-hybridized carbons (Fsp3) is 0.179. The van der Waals surface area contributed by atoms with Gasteiger partial charge < -0.3 is 24.6 Å². The van der Waals surface area contributed by atoms with E-state index in [0.717, 1.165) is 10.4 Å². The third-order valence-electron chi connectivity index (χ3n) is 6.04. The lowest BCUT2D eigenvalue weighted by molar-refractivity contribution is -0.385. The highest BCUT2D eigenvalue weighted by Crippen LogP contribution is 2.46. The Kier molecular flexibility index (Phi) is 9.84. The smallest absolute Gasteiger partial charge is 0.350 e. The van der Waals surface area contributed by atoms with E-state index in [1.165, 1.54) is 50.9 Å². The zero-order valence-corrected chi connectivity index (χ0v) is 24.8. The van der Waals surface area contributed by atoms with Crippen LogP contribution in [0.3, 0.4) is 0 Å². The van der Waals surface area contributed by atoms with E-state index in [1.54, 1.807) is 36.4 Å². The number of aliphatic imine (C=N–C) groups is 1. The monoisotopic (exact) mass is 630 g/mol. The number of nitro groups is 1. The number of methoxy groups -OCH3 is 3. The number of halogens is 2. The molecule has 0 saturated carbocycles. The van der Waals surface area contributed by atoms with Gasteiger partial charge in [0.25, 0.3) is 5.69 Å². The quantitative estimate of drug-likeness (QED) is 0.0973. The average Bonchev–Trinajstić information content (AvgIpc) is 3.41. The molecule has 4 aromatic rings. The summed E-state index contributed by atoms with van der Waals surface area (Å²) < 4.78 is 16.5. The van der Waals surface area contributed by atoms with Gasteiger partial charge in [-0.25, -0.2) is 9.78 Å². The molecule has 11 nitrogen and oxygen atoms in total. The van der Waals surface area contributed by atoms with Gasteiger partial charge in [-0.15, -0.1) is 0 Å². The molecule has 4 rings (SSSR count). The Morgan fingerprint density at radius 2 is 1.71 bits per heavy atom. The van der Waals surface area contributed by atoms with Gasteiger partial charge in [0.2, 0.25) is 5.75 Å². The van der Waals surface area contributed by atoms with Crippen LogP contribution in [0.25, 0.3) is 21.7 Å². The van der Waals surface area contributed by atoms with Crippen LogP contribution < -0.4 is 19.5 Å². The van der Waals surface area contributed by atoms with Crippen molar-refractivity contribution in [3.63, 3.8) is 0 Å². The van der Waals surface area contributed by atoms with Gasteiger partial charge in [0.05, 0.1) is 46.9 Å². The second-order valence-electron chi connectivity index (χ2n) is 8.55. The molecule has 0 fully saturated rings. The minimum atomic E-state index is -1.29. The van der Waals surface area contributed by atoms with Crippen LogP contribution in [0.5, 0.6) is 17.2 Å². The van der Waals surface area contributed by atoms with Crippen molar-refractivity contribution in [2.45, 2.75) is 6.42 Å². The second-order valence-corrected chi connectivity index (χ2v) is 10.4. The van der Waals surface area contributed by atoms with E-state index in [0.29, 0.717) is 43.7 Å². The van der Waals surface area contributed by atoms with E-state index < -0.39 is 10.9 Å². The van der Waals surface area contributed by atoms with E-state index in [1.807, 2.05) is 0 Å². The van der Waals surface area contributed by atoms with E-state index in [2.05, 4.69) is 10.3 Å². The van der Waals surface area contributed by atoms with Crippen LogP contribution >= 0.6 is 34.5 Å². The number of ether oxygens (including phenoxy) is 3. The Labute approximate surface area is 254 Å². The number of hydrogen-bond donors (Lipinski definition) is 2. The van der Waals surface area contributed by atoms with Gasteiger partial charge in [-0.3, -0.25) is 15.1 Å². The molecule has 0 unspecified atom stereocenters. The van der Waals surface area contributed by atoms with Crippen molar-refractivity contribution in [3.8, 4) is 38.9 Å². The molecular weight excluding hydrogens is 607 g/mol. The number of nitrogens with zero attached hydrogens (tertiary/aromatic N) is 3. The maximum Gasteiger partial charge on any atom is 0.350 e. The first kappa shape index (κ1) is 30.6. The zero-order valence-electron chi connectivity index (χ0n) is 22.5. The van der Waals surface area contributed by atoms with E-state index in [9.17, 15) is 20.0 Å². The second kappa shape index (κ2) is 13.5. The fourth-order valence-electron chi connectivity index (χ4n) is 4.06. The number of para-hydroxylation sites is 1. The van der Waals surface area contributed by atoms with E-state index in [-0.39, 0.29) is 30.1 Å². The summed E-state index contributed by atoms with van der Waals surface area (Å²) in [6.07, 6.45) is -0.225. The van der Waals surface area contributed by atoms with Crippen LogP contribution in [0.2, 0.25) is 10.0 Å². The first-order chi connectivity index (χ1) is 20.2. The molecule has 0 atom stereocenters. The molecule has 3 aromatic carbocycles. The Morgan fingerprint density at radius 1 is 1.02 bits per heavy atom. The third kappa shape index (κ3) is 6.73. The number of nitrogens with one attached hydrogen (secondary N) is 1. The van der Waals surface area contributed by atoms with Crippen LogP contribution in [0.1, 0.15) is 5.56 Å². The molecule has 0 radical (unpaired) electrons. The number of rotatable bonds is 12.